The summed E-state index contributed by atoms with van der Waals surface area (Å²) in [5, 5.41) is 2.12. The molecule has 0 aliphatic heterocycles. The molecule has 0 spiro atoms. The zero-order valence-corrected chi connectivity index (χ0v) is 18.3. The second-order valence-electron chi connectivity index (χ2n) is 8.84. The molecule has 0 bridgehead atoms. The Kier molecular flexibility index (Phi) is 7.85. The molecule has 0 aliphatic rings. The molecule has 0 fully saturated rings. The molecular weight excluding hydrogens is 330 g/mol. The minimum atomic E-state index is -0.885. The van der Waals surface area contributed by atoms with Gasteiger partial charge in [-0.2, -0.15) is 5.06 Å². The third-order valence-corrected chi connectivity index (χ3v) is 6.14. The van der Waals surface area contributed by atoms with E-state index in [1.165, 1.54) is 0 Å². The van der Waals surface area contributed by atoms with Crippen molar-refractivity contribution in [3.63, 3.8) is 0 Å². The van der Waals surface area contributed by atoms with E-state index in [1.54, 1.807) is 0 Å². The number of benzene rings is 1. The van der Waals surface area contributed by atoms with Crippen LogP contribution in [0.15, 0.2) is 30.3 Å². The van der Waals surface area contributed by atoms with E-state index < -0.39 is 10.8 Å². The summed E-state index contributed by atoms with van der Waals surface area (Å²) < 4.78 is 12.6. The van der Waals surface area contributed by atoms with E-state index in [-0.39, 0.29) is 28.3 Å². The zero-order valence-electron chi connectivity index (χ0n) is 17.5. The molecule has 4 unspecified atom stereocenters. The van der Waals surface area contributed by atoms with Gasteiger partial charge < -0.3 is 0 Å². The van der Waals surface area contributed by atoms with Crippen molar-refractivity contribution < 1.29 is 9.05 Å². The number of nitrogens with zero attached hydrogens (tertiary/aromatic N) is 1. The Bertz CT molecular complexity index is 545. The molecule has 0 saturated heterocycles. The third kappa shape index (κ3) is 6.19. The van der Waals surface area contributed by atoms with E-state index in [4.69, 9.17) is 4.84 Å². The van der Waals surface area contributed by atoms with Crippen LogP contribution in [0.4, 0.5) is 0 Å². The number of hydrogen-bond donors (Lipinski definition) is 0. The first-order chi connectivity index (χ1) is 11.4. The fourth-order valence-electron chi connectivity index (χ4n) is 3.25. The van der Waals surface area contributed by atoms with Crippen LogP contribution in [0.25, 0.3) is 0 Å². The van der Waals surface area contributed by atoms with Crippen LogP contribution in [-0.4, -0.2) is 31.9 Å². The van der Waals surface area contributed by atoms with Gasteiger partial charge in [0.25, 0.3) is 0 Å². The lowest BCUT2D eigenvalue weighted by atomic mass is 9.83. The monoisotopic (exact) mass is 367 g/mol. The lowest BCUT2D eigenvalue weighted by Crippen LogP contribution is -2.58. The van der Waals surface area contributed by atoms with Crippen LogP contribution in [0.1, 0.15) is 74.0 Å². The predicted molar refractivity (Wildman–Crippen MR) is 109 cm³/mol. The van der Waals surface area contributed by atoms with Crippen LogP contribution in [0.3, 0.4) is 0 Å². The molecule has 0 amide bonds. The summed E-state index contributed by atoms with van der Waals surface area (Å²) in [6.45, 7) is 19.2. The summed E-state index contributed by atoms with van der Waals surface area (Å²) in [6.07, 6.45) is -0.0625. The third-order valence-electron chi connectivity index (χ3n) is 4.49. The molecule has 3 nitrogen and oxygen atoms in total. The van der Waals surface area contributed by atoms with Crippen molar-refractivity contribution in [2.75, 3.05) is 5.75 Å². The van der Waals surface area contributed by atoms with E-state index in [1.807, 2.05) is 25.1 Å². The highest BCUT2D eigenvalue weighted by Gasteiger charge is 2.43. The molecule has 0 N–H and O–H groups in total. The molecule has 0 radical (unpaired) electrons. The topological polar surface area (TPSA) is 29.5 Å². The van der Waals surface area contributed by atoms with Crippen molar-refractivity contribution in [2.24, 2.45) is 5.41 Å². The Labute approximate surface area is 157 Å². The molecule has 4 atom stereocenters. The normalized spacial score (nSPS) is 18.0. The highest BCUT2D eigenvalue weighted by atomic mass is 32.2. The molecule has 0 heterocycles. The number of rotatable bonds is 7. The molecule has 4 heteroatoms. The molecule has 144 valence electrons. The van der Waals surface area contributed by atoms with Crippen molar-refractivity contribution in [1.82, 2.24) is 5.06 Å². The van der Waals surface area contributed by atoms with Gasteiger partial charge in [-0.05, 0) is 45.6 Å². The molecule has 0 aliphatic carbocycles. The fraction of sp³-hybridized carbons (Fsp3) is 0.714. The van der Waals surface area contributed by atoms with E-state index in [2.05, 4.69) is 72.6 Å². The van der Waals surface area contributed by atoms with Crippen molar-refractivity contribution in [3.8, 4) is 0 Å². The van der Waals surface area contributed by atoms with E-state index in [9.17, 15) is 4.21 Å². The lowest BCUT2D eigenvalue weighted by Gasteiger charge is -2.49. The predicted octanol–water partition coefficient (Wildman–Crippen LogP) is 5.35. The molecule has 25 heavy (non-hydrogen) atoms. The van der Waals surface area contributed by atoms with Gasteiger partial charge in [-0.25, -0.2) is 0 Å². The average Bonchev–Trinajstić information content (AvgIpc) is 2.51. The zero-order chi connectivity index (χ0) is 19.4. The molecule has 1 rings (SSSR count). The first-order valence-corrected chi connectivity index (χ1v) is 10.7. The maximum Gasteiger partial charge on any atom is 0.101 e. The smallest absolute Gasteiger partial charge is 0.101 e. The minimum Gasteiger partial charge on any atom is -0.290 e. The van der Waals surface area contributed by atoms with Gasteiger partial charge in [0.2, 0.25) is 0 Å². The van der Waals surface area contributed by atoms with E-state index in [0.717, 1.165) is 5.56 Å². The van der Waals surface area contributed by atoms with Crippen LogP contribution in [0, 0.1) is 5.41 Å². The Morgan fingerprint density at radius 2 is 1.56 bits per heavy atom. The Balaban J connectivity index is 3.23. The van der Waals surface area contributed by atoms with Gasteiger partial charge >= 0.3 is 0 Å². The van der Waals surface area contributed by atoms with Gasteiger partial charge in [-0.15, -0.1) is 0 Å². The Morgan fingerprint density at radius 1 is 1.04 bits per heavy atom. The van der Waals surface area contributed by atoms with Crippen LogP contribution < -0.4 is 0 Å². The molecule has 0 aromatic heterocycles. The summed E-state index contributed by atoms with van der Waals surface area (Å²) in [6, 6.07) is 10.3. The van der Waals surface area contributed by atoms with Crippen molar-refractivity contribution >= 4 is 10.8 Å². The average molecular weight is 368 g/mol. The maximum atomic E-state index is 12.6. The van der Waals surface area contributed by atoms with E-state index >= 15 is 0 Å². The molecule has 1 aromatic rings. The summed E-state index contributed by atoms with van der Waals surface area (Å²) in [5.74, 6) is 0.667. The van der Waals surface area contributed by atoms with Gasteiger partial charge in [0.1, 0.15) is 6.10 Å². The summed E-state index contributed by atoms with van der Waals surface area (Å²) >= 11 is 0. The first kappa shape index (κ1) is 22.3. The Morgan fingerprint density at radius 3 is 1.96 bits per heavy atom. The standard InChI is InChI=1S/C21H37NO2S/c1-10-25(23)17(3)19(20(4,5)6)22(21(7,8)9)24-16(2)18-14-12-11-13-15-18/h11-17,19H,10H2,1-9H3. The summed E-state index contributed by atoms with van der Waals surface area (Å²) in [5.41, 5.74) is 0.884. The molecule has 1 aromatic carbocycles. The molecule has 0 saturated carbocycles. The number of hydroxylamine groups is 2. The van der Waals surface area contributed by atoms with Gasteiger partial charge in [0.05, 0.1) is 11.3 Å². The number of hydrogen-bond acceptors (Lipinski definition) is 3. The van der Waals surface area contributed by atoms with Crippen LogP contribution >= 0.6 is 0 Å². The van der Waals surface area contributed by atoms with Crippen molar-refractivity contribution in [2.45, 2.75) is 85.2 Å². The lowest BCUT2D eigenvalue weighted by molar-refractivity contribution is -0.277. The maximum absolute atomic E-state index is 12.6. The summed E-state index contributed by atoms with van der Waals surface area (Å²) in [4.78, 5) is 6.50. The van der Waals surface area contributed by atoms with Gasteiger partial charge in [-0.3, -0.25) is 9.05 Å². The van der Waals surface area contributed by atoms with Crippen molar-refractivity contribution in [3.05, 3.63) is 35.9 Å². The molecular formula is C21H37NO2S. The SMILES string of the molecule is CCS(=O)C(C)C(N(OC(C)c1ccccc1)C(C)(C)C)C(C)(C)C. The second kappa shape index (κ2) is 8.79. The van der Waals surface area contributed by atoms with Crippen LogP contribution in [0.2, 0.25) is 0 Å². The first-order valence-electron chi connectivity index (χ1n) is 9.27. The minimum absolute atomic E-state index is 0.0206. The van der Waals surface area contributed by atoms with E-state index in [0.29, 0.717) is 5.75 Å². The fourth-order valence-corrected chi connectivity index (χ4v) is 4.58. The van der Waals surface area contributed by atoms with Crippen LogP contribution in [0.5, 0.6) is 0 Å². The van der Waals surface area contributed by atoms with Crippen molar-refractivity contribution in [1.29, 1.82) is 0 Å². The highest BCUT2D eigenvalue weighted by Crippen LogP contribution is 2.36. The Hall–Kier alpha value is -0.710. The highest BCUT2D eigenvalue weighted by molar-refractivity contribution is 7.85. The van der Waals surface area contributed by atoms with Gasteiger partial charge in [-0.1, -0.05) is 58.0 Å². The second-order valence-corrected chi connectivity index (χ2v) is 10.9. The van der Waals surface area contributed by atoms with Crippen LogP contribution in [-0.2, 0) is 15.6 Å². The largest absolute Gasteiger partial charge is 0.290 e. The van der Waals surface area contributed by atoms with Gasteiger partial charge in [0, 0.05) is 22.1 Å². The summed E-state index contributed by atoms with van der Waals surface area (Å²) in [7, 11) is -0.885. The van der Waals surface area contributed by atoms with Gasteiger partial charge in [0.15, 0.2) is 0 Å². The quantitative estimate of drug-likeness (QED) is 0.608.